The van der Waals surface area contributed by atoms with Gasteiger partial charge in [0, 0.05) is 11.6 Å². The van der Waals surface area contributed by atoms with Crippen LogP contribution in [-0.2, 0) is 9.53 Å². The van der Waals surface area contributed by atoms with Crippen LogP contribution in [-0.4, -0.2) is 36.7 Å². The molecule has 1 aliphatic heterocycles. The summed E-state index contributed by atoms with van der Waals surface area (Å²) in [5, 5.41) is 8.39. The Morgan fingerprint density at radius 1 is 1.62 bits per heavy atom. The molecule has 1 fully saturated rings. The van der Waals surface area contributed by atoms with E-state index in [2.05, 4.69) is 15.6 Å². The van der Waals surface area contributed by atoms with Crippen molar-refractivity contribution in [2.45, 2.75) is 18.9 Å². The highest BCUT2D eigenvalue weighted by molar-refractivity contribution is 7.13. The summed E-state index contributed by atoms with van der Waals surface area (Å²) in [7, 11) is 0. The molecular weight excluding hydrogens is 226 g/mol. The maximum atomic E-state index is 11.5. The number of ether oxygens (including phenoxy) is 1. The first-order chi connectivity index (χ1) is 7.84. The molecule has 0 atom stereocenters. The summed E-state index contributed by atoms with van der Waals surface area (Å²) in [5.74, 6) is -0.131. The zero-order valence-corrected chi connectivity index (χ0v) is 9.76. The van der Waals surface area contributed by atoms with Crippen LogP contribution >= 0.6 is 11.3 Å². The van der Waals surface area contributed by atoms with E-state index in [1.54, 1.807) is 6.20 Å². The molecule has 1 aromatic heterocycles. The van der Waals surface area contributed by atoms with Gasteiger partial charge < -0.3 is 10.1 Å². The predicted octanol–water partition coefficient (Wildman–Crippen LogP) is 0.850. The molecule has 1 amide bonds. The van der Waals surface area contributed by atoms with Gasteiger partial charge in [0.2, 0.25) is 0 Å². The average molecular weight is 241 g/mol. The van der Waals surface area contributed by atoms with E-state index >= 15 is 0 Å². The number of anilines is 1. The Morgan fingerprint density at radius 3 is 3.12 bits per heavy atom. The summed E-state index contributed by atoms with van der Waals surface area (Å²) in [6.45, 7) is 2.06. The third-order valence-electron chi connectivity index (χ3n) is 2.41. The normalized spacial score (nSPS) is 17.2. The van der Waals surface area contributed by atoms with Gasteiger partial charge in [0.15, 0.2) is 5.13 Å². The van der Waals surface area contributed by atoms with E-state index in [4.69, 9.17) is 4.74 Å². The van der Waals surface area contributed by atoms with Crippen molar-refractivity contribution in [3.05, 3.63) is 11.6 Å². The van der Waals surface area contributed by atoms with E-state index in [0.29, 0.717) is 5.13 Å². The molecule has 0 aliphatic carbocycles. The minimum absolute atomic E-state index is 0.115. The van der Waals surface area contributed by atoms with Crippen molar-refractivity contribution < 1.29 is 9.53 Å². The van der Waals surface area contributed by atoms with Crippen LogP contribution in [0, 0.1) is 0 Å². The SMILES string of the molecule is O=C(COC1CCNCC1)Nc1nccs1. The zero-order chi connectivity index (χ0) is 11.2. The second-order valence-electron chi connectivity index (χ2n) is 3.65. The lowest BCUT2D eigenvalue weighted by Crippen LogP contribution is -2.34. The topological polar surface area (TPSA) is 63.2 Å². The molecular formula is C10H15N3O2S. The lowest BCUT2D eigenvalue weighted by molar-refractivity contribution is -0.123. The minimum atomic E-state index is -0.131. The largest absolute Gasteiger partial charge is 0.368 e. The Labute approximate surface area is 98.2 Å². The molecule has 16 heavy (non-hydrogen) atoms. The van der Waals surface area contributed by atoms with Crippen LogP contribution in [0.5, 0.6) is 0 Å². The molecule has 6 heteroatoms. The number of piperidine rings is 1. The molecule has 1 aromatic rings. The summed E-state index contributed by atoms with van der Waals surface area (Å²) in [6, 6.07) is 0. The van der Waals surface area contributed by atoms with E-state index in [1.165, 1.54) is 11.3 Å². The van der Waals surface area contributed by atoms with Crippen LogP contribution in [0.4, 0.5) is 5.13 Å². The highest BCUT2D eigenvalue weighted by Gasteiger charge is 2.14. The second kappa shape index (κ2) is 5.93. The molecule has 0 bridgehead atoms. The quantitative estimate of drug-likeness (QED) is 0.820. The first-order valence-electron chi connectivity index (χ1n) is 5.36. The van der Waals surface area contributed by atoms with Crippen molar-refractivity contribution in [3.8, 4) is 0 Å². The van der Waals surface area contributed by atoms with E-state index in [-0.39, 0.29) is 18.6 Å². The van der Waals surface area contributed by atoms with Crippen molar-refractivity contribution in [1.82, 2.24) is 10.3 Å². The van der Waals surface area contributed by atoms with Gasteiger partial charge in [0.05, 0.1) is 6.10 Å². The van der Waals surface area contributed by atoms with Gasteiger partial charge in [-0.2, -0.15) is 0 Å². The smallest absolute Gasteiger partial charge is 0.252 e. The summed E-state index contributed by atoms with van der Waals surface area (Å²) in [6.07, 6.45) is 3.83. The summed E-state index contributed by atoms with van der Waals surface area (Å²) in [4.78, 5) is 15.4. The van der Waals surface area contributed by atoms with Gasteiger partial charge in [0.1, 0.15) is 6.61 Å². The molecule has 0 spiro atoms. The van der Waals surface area contributed by atoms with Gasteiger partial charge in [0.25, 0.3) is 5.91 Å². The third-order valence-corrected chi connectivity index (χ3v) is 3.10. The minimum Gasteiger partial charge on any atom is -0.368 e. The zero-order valence-electron chi connectivity index (χ0n) is 8.94. The number of thiazole rings is 1. The standard InChI is InChI=1S/C10H15N3O2S/c14-9(13-10-12-5-6-16-10)7-15-8-1-3-11-4-2-8/h5-6,8,11H,1-4,7H2,(H,12,13,14). The number of hydrogen-bond donors (Lipinski definition) is 2. The van der Waals surface area contributed by atoms with Gasteiger partial charge in [-0.15, -0.1) is 11.3 Å². The van der Waals surface area contributed by atoms with E-state index in [1.807, 2.05) is 5.38 Å². The fourth-order valence-corrected chi connectivity index (χ4v) is 2.14. The number of carbonyl (C=O) groups excluding carboxylic acids is 1. The molecule has 2 rings (SSSR count). The Balaban J connectivity index is 1.67. The summed E-state index contributed by atoms with van der Waals surface area (Å²) in [5.41, 5.74) is 0. The van der Waals surface area contributed by atoms with Crippen molar-refractivity contribution in [1.29, 1.82) is 0 Å². The first-order valence-corrected chi connectivity index (χ1v) is 6.24. The van der Waals surface area contributed by atoms with Gasteiger partial charge in [-0.25, -0.2) is 4.98 Å². The second-order valence-corrected chi connectivity index (χ2v) is 4.54. The molecule has 0 unspecified atom stereocenters. The molecule has 0 aromatic carbocycles. The average Bonchev–Trinajstić information content (AvgIpc) is 2.81. The van der Waals surface area contributed by atoms with Crippen molar-refractivity contribution in [2.75, 3.05) is 25.0 Å². The Morgan fingerprint density at radius 2 is 2.44 bits per heavy atom. The highest BCUT2D eigenvalue weighted by Crippen LogP contribution is 2.11. The summed E-state index contributed by atoms with van der Waals surface area (Å²) >= 11 is 1.40. The van der Waals surface area contributed by atoms with Crippen molar-refractivity contribution >= 4 is 22.4 Å². The van der Waals surface area contributed by atoms with Gasteiger partial charge in [-0.1, -0.05) is 0 Å². The van der Waals surface area contributed by atoms with E-state index in [0.717, 1.165) is 25.9 Å². The predicted molar refractivity (Wildman–Crippen MR) is 62.6 cm³/mol. The highest BCUT2D eigenvalue weighted by atomic mass is 32.1. The Hall–Kier alpha value is -0.980. The monoisotopic (exact) mass is 241 g/mol. The number of hydrogen-bond acceptors (Lipinski definition) is 5. The number of nitrogens with one attached hydrogen (secondary N) is 2. The molecule has 1 saturated heterocycles. The number of carbonyl (C=O) groups is 1. The number of amides is 1. The number of nitrogens with zero attached hydrogens (tertiary/aromatic N) is 1. The first kappa shape index (κ1) is 11.5. The molecule has 1 aliphatic rings. The summed E-state index contributed by atoms with van der Waals surface area (Å²) < 4.78 is 5.52. The van der Waals surface area contributed by atoms with Gasteiger partial charge >= 0.3 is 0 Å². The van der Waals surface area contributed by atoms with Crippen LogP contribution in [0.1, 0.15) is 12.8 Å². The van der Waals surface area contributed by atoms with Gasteiger partial charge in [-0.05, 0) is 25.9 Å². The van der Waals surface area contributed by atoms with E-state index in [9.17, 15) is 4.79 Å². The fraction of sp³-hybridized carbons (Fsp3) is 0.600. The number of aromatic nitrogens is 1. The molecule has 5 nitrogen and oxygen atoms in total. The maximum Gasteiger partial charge on any atom is 0.252 e. The van der Waals surface area contributed by atoms with Crippen LogP contribution < -0.4 is 10.6 Å². The fourth-order valence-electron chi connectivity index (χ4n) is 1.60. The molecule has 2 N–H and O–H groups in total. The molecule has 0 radical (unpaired) electrons. The molecule has 0 saturated carbocycles. The number of rotatable bonds is 4. The van der Waals surface area contributed by atoms with Crippen LogP contribution in [0.2, 0.25) is 0 Å². The van der Waals surface area contributed by atoms with E-state index < -0.39 is 0 Å². The van der Waals surface area contributed by atoms with Crippen molar-refractivity contribution in [2.24, 2.45) is 0 Å². The third kappa shape index (κ3) is 3.55. The van der Waals surface area contributed by atoms with Crippen LogP contribution in [0.15, 0.2) is 11.6 Å². The molecule has 88 valence electrons. The Kier molecular flexibility index (Phi) is 4.26. The Bertz CT molecular complexity index is 323. The van der Waals surface area contributed by atoms with Gasteiger partial charge in [-0.3, -0.25) is 10.1 Å². The van der Waals surface area contributed by atoms with Crippen molar-refractivity contribution in [3.63, 3.8) is 0 Å². The maximum absolute atomic E-state index is 11.5. The van der Waals surface area contributed by atoms with Crippen LogP contribution in [0.25, 0.3) is 0 Å². The lowest BCUT2D eigenvalue weighted by Gasteiger charge is -2.22. The molecule has 2 heterocycles. The lowest BCUT2D eigenvalue weighted by atomic mass is 10.1. The van der Waals surface area contributed by atoms with Crippen LogP contribution in [0.3, 0.4) is 0 Å².